The Kier molecular flexibility index (Phi) is 8.10. The summed E-state index contributed by atoms with van der Waals surface area (Å²) in [6, 6.07) is 0. The van der Waals surface area contributed by atoms with Gasteiger partial charge in [0.1, 0.15) is 12.2 Å². The van der Waals surface area contributed by atoms with E-state index in [1.807, 2.05) is 0 Å². The molecule has 0 amide bonds. The van der Waals surface area contributed by atoms with Crippen LogP contribution >= 0.6 is 0 Å². The van der Waals surface area contributed by atoms with Gasteiger partial charge >= 0.3 is 0 Å². The van der Waals surface area contributed by atoms with Crippen molar-refractivity contribution in [1.82, 2.24) is 0 Å². The summed E-state index contributed by atoms with van der Waals surface area (Å²) < 4.78 is 6.13. The minimum Gasteiger partial charge on any atom is -0.393 e. The van der Waals surface area contributed by atoms with E-state index in [4.69, 9.17) is 4.74 Å². The van der Waals surface area contributed by atoms with E-state index < -0.39 is 17.8 Å². The summed E-state index contributed by atoms with van der Waals surface area (Å²) in [7, 11) is 0. The molecule has 4 heteroatoms. The van der Waals surface area contributed by atoms with Gasteiger partial charge in [-0.15, -0.1) is 0 Å². The second-order valence-electron chi connectivity index (χ2n) is 11.0. The maximum Gasteiger partial charge on any atom is 0.120 e. The lowest BCUT2D eigenvalue weighted by atomic mass is 9.60. The van der Waals surface area contributed by atoms with Crippen LogP contribution in [0.25, 0.3) is 0 Å². The Balaban J connectivity index is 1.80. The quantitative estimate of drug-likeness (QED) is 0.431. The summed E-state index contributed by atoms with van der Waals surface area (Å²) in [6.45, 7) is 13.1. The Hall–Kier alpha value is -1.38. The molecule has 3 aliphatic carbocycles. The van der Waals surface area contributed by atoms with Crippen molar-refractivity contribution >= 4 is 0 Å². The zero-order chi connectivity index (χ0) is 23.5. The van der Waals surface area contributed by atoms with Gasteiger partial charge in [-0.05, 0) is 81.3 Å². The lowest BCUT2D eigenvalue weighted by molar-refractivity contribution is -0.0180. The molecular formula is C28H42O4. The first-order valence-electron chi connectivity index (χ1n) is 12.3. The average molecular weight is 443 g/mol. The van der Waals surface area contributed by atoms with Crippen LogP contribution in [0.3, 0.4) is 0 Å². The Labute approximate surface area is 194 Å². The van der Waals surface area contributed by atoms with Crippen molar-refractivity contribution in [3.8, 4) is 11.8 Å². The van der Waals surface area contributed by atoms with Gasteiger partial charge in [0.05, 0.1) is 18.8 Å². The van der Waals surface area contributed by atoms with E-state index in [0.29, 0.717) is 43.8 Å². The minimum absolute atomic E-state index is 0.135. The summed E-state index contributed by atoms with van der Waals surface area (Å²) in [5.74, 6) is 7.54. The van der Waals surface area contributed by atoms with E-state index in [1.54, 1.807) is 13.8 Å². The molecule has 4 nitrogen and oxygen atoms in total. The molecular weight excluding hydrogens is 400 g/mol. The van der Waals surface area contributed by atoms with Gasteiger partial charge in [0.2, 0.25) is 0 Å². The monoisotopic (exact) mass is 442 g/mol. The second-order valence-corrected chi connectivity index (χ2v) is 11.0. The molecule has 32 heavy (non-hydrogen) atoms. The Morgan fingerprint density at radius 3 is 2.69 bits per heavy atom. The number of rotatable bonds is 5. The van der Waals surface area contributed by atoms with Crippen LogP contribution in [0.4, 0.5) is 0 Å². The van der Waals surface area contributed by atoms with Gasteiger partial charge in [-0.25, -0.2) is 0 Å². The van der Waals surface area contributed by atoms with Crippen molar-refractivity contribution < 1.29 is 20.1 Å². The third-order valence-corrected chi connectivity index (χ3v) is 7.76. The molecule has 0 bridgehead atoms. The highest BCUT2D eigenvalue weighted by Crippen LogP contribution is 2.59. The van der Waals surface area contributed by atoms with Gasteiger partial charge in [0.25, 0.3) is 0 Å². The predicted octanol–water partition coefficient (Wildman–Crippen LogP) is 4.55. The highest BCUT2D eigenvalue weighted by atomic mass is 16.5. The summed E-state index contributed by atoms with van der Waals surface area (Å²) in [5.41, 5.74) is 2.33. The van der Waals surface area contributed by atoms with Crippen molar-refractivity contribution in [3.63, 3.8) is 0 Å². The molecule has 3 fully saturated rings. The van der Waals surface area contributed by atoms with Crippen LogP contribution in [0.5, 0.6) is 0 Å². The van der Waals surface area contributed by atoms with Crippen molar-refractivity contribution in [2.24, 2.45) is 23.2 Å². The standard InChI is InChI=1S/C28H42O4/c1-19(2)24-11-12-25-21(9-10-22-16-23(29)17-26(30)20(22)3)8-6-14-28(24,25)18-32-15-7-13-27(4,5)31/h9-10,19,23-26,29-31H,3,6,8,11-12,14-18H2,1-2,4-5H3/t23-,24-,25+,26+,28+/m1/s1. The SMILES string of the molecule is C=C1C(=CC=C2CCC[C@]3(COCC#CC(C)(C)O)[C@@H](C(C)C)CC[C@@H]23)C[C@@H](O)C[C@@H]1O. The number of hydrogen-bond donors (Lipinski definition) is 3. The van der Waals surface area contributed by atoms with Crippen molar-refractivity contribution in [1.29, 1.82) is 0 Å². The van der Waals surface area contributed by atoms with Crippen LogP contribution in [-0.2, 0) is 4.74 Å². The van der Waals surface area contributed by atoms with Gasteiger partial charge in [-0.1, -0.05) is 50.0 Å². The van der Waals surface area contributed by atoms with Crippen LogP contribution in [0.1, 0.15) is 72.6 Å². The molecule has 3 N–H and O–H groups in total. The molecule has 0 aromatic heterocycles. The van der Waals surface area contributed by atoms with Gasteiger partial charge < -0.3 is 20.1 Å². The highest BCUT2D eigenvalue weighted by molar-refractivity contribution is 5.38. The fourth-order valence-corrected chi connectivity index (χ4v) is 6.38. The van der Waals surface area contributed by atoms with Gasteiger partial charge in [0, 0.05) is 11.8 Å². The van der Waals surface area contributed by atoms with E-state index in [0.717, 1.165) is 24.0 Å². The predicted molar refractivity (Wildman–Crippen MR) is 129 cm³/mol. The number of fused-ring (bicyclic) bond motifs is 1. The van der Waals surface area contributed by atoms with Gasteiger partial charge in [-0.2, -0.15) is 0 Å². The minimum atomic E-state index is -0.990. The zero-order valence-corrected chi connectivity index (χ0v) is 20.4. The maximum atomic E-state index is 10.2. The number of ether oxygens (including phenoxy) is 1. The molecule has 0 aliphatic heterocycles. The fraction of sp³-hybridized carbons (Fsp3) is 0.714. The normalized spacial score (nSPS) is 35.8. The molecule has 3 aliphatic rings. The molecule has 0 radical (unpaired) electrons. The van der Waals surface area contributed by atoms with Crippen LogP contribution in [0.15, 0.2) is 35.5 Å². The average Bonchev–Trinajstić information content (AvgIpc) is 3.08. The van der Waals surface area contributed by atoms with Crippen LogP contribution in [0.2, 0.25) is 0 Å². The van der Waals surface area contributed by atoms with E-state index in [9.17, 15) is 15.3 Å². The lowest BCUT2D eigenvalue weighted by Crippen LogP contribution is -2.42. The first-order chi connectivity index (χ1) is 15.0. The first kappa shape index (κ1) is 25.2. The van der Waals surface area contributed by atoms with Crippen molar-refractivity contribution in [2.45, 2.75) is 90.4 Å². The number of allylic oxidation sites excluding steroid dienone is 3. The van der Waals surface area contributed by atoms with Gasteiger partial charge in [-0.3, -0.25) is 0 Å². The summed E-state index contributed by atoms with van der Waals surface area (Å²) in [5, 5.41) is 30.0. The highest BCUT2D eigenvalue weighted by Gasteiger charge is 2.53. The van der Waals surface area contributed by atoms with E-state index >= 15 is 0 Å². The molecule has 0 heterocycles. The maximum absolute atomic E-state index is 10.2. The molecule has 178 valence electrons. The third-order valence-electron chi connectivity index (χ3n) is 7.76. The Morgan fingerprint density at radius 1 is 1.25 bits per heavy atom. The molecule has 5 atom stereocenters. The summed E-state index contributed by atoms with van der Waals surface area (Å²) in [4.78, 5) is 0. The van der Waals surface area contributed by atoms with Crippen LogP contribution < -0.4 is 0 Å². The summed E-state index contributed by atoms with van der Waals surface area (Å²) >= 11 is 0. The van der Waals surface area contributed by atoms with E-state index in [2.05, 4.69) is 44.4 Å². The third kappa shape index (κ3) is 5.75. The molecule has 0 saturated heterocycles. The first-order valence-corrected chi connectivity index (χ1v) is 12.3. The fourth-order valence-electron chi connectivity index (χ4n) is 6.38. The molecule has 0 unspecified atom stereocenters. The summed E-state index contributed by atoms with van der Waals surface area (Å²) in [6.07, 6.45) is 9.97. The molecule has 3 saturated carbocycles. The molecule has 0 aromatic rings. The molecule has 0 spiro atoms. The van der Waals surface area contributed by atoms with Crippen molar-refractivity contribution in [3.05, 3.63) is 35.5 Å². The Morgan fingerprint density at radius 2 is 2.00 bits per heavy atom. The van der Waals surface area contributed by atoms with Crippen LogP contribution in [-0.4, -0.2) is 46.3 Å². The molecule has 0 aromatic carbocycles. The van der Waals surface area contributed by atoms with E-state index in [1.165, 1.54) is 24.8 Å². The zero-order valence-electron chi connectivity index (χ0n) is 20.4. The topological polar surface area (TPSA) is 69.9 Å². The number of aliphatic hydroxyl groups is 3. The Bertz CT molecular complexity index is 804. The smallest absolute Gasteiger partial charge is 0.120 e. The van der Waals surface area contributed by atoms with Crippen molar-refractivity contribution in [2.75, 3.05) is 13.2 Å². The van der Waals surface area contributed by atoms with Gasteiger partial charge in [0.15, 0.2) is 0 Å². The van der Waals surface area contributed by atoms with E-state index in [-0.39, 0.29) is 5.41 Å². The number of hydrogen-bond acceptors (Lipinski definition) is 4. The second kappa shape index (κ2) is 10.3. The van der Waals surface area contributed by atoms with Crippen LogP contribution in [0, 0.1) is 35.0 Å². The molecule has 3 rings (SSSR count). The number of aliphatic hydroxyl groups excluding tert-OH is 2. The largest absolute Gasteiger partial charge is 0.393 e. The lowest BCUT2D eigenvalue weighted by Gasteiger charge is -2.46.